The van der Waals surface area contributed by atoms with Crippen LogP contribution in [0.1, 0.15) is 97.3 Å². The maximum atomic E-state index is 9.45. The van der Waals surface area contributed by atoms with E-state index in [9.17, 15) is 13.0 Å². The second-order valence-electron chi connectivity index (χ2n) is 7.01. The summed E-state index contributed by atoms with van der Waals surface area (Å²) in [5, 5.41) is 0. The highest BCUT2D eigenvalue weighted by molar-refractivity contribution is 7.80. The molecule has 1 N–H and O–H groups in total. The lowest BCUT2D eigenvalue weighted by atomic mass is 10.0. The van der Waals surface area contributed by atoms with E-state index in [4.69, 9.17) is 0 Å². The van der Waals surface area contributed by atoms with Gasteiger partial charge in [-0.1, -0.05) is 77.6 Å². The predicted octanol–water partition coefficient (Wildman–Crippen LogP) is 3.71. The zero-order chi connectivity index (χ0) is 19.4. The minimum atomic E-state index is -4.42. The van der Waals surface area contributed by atoms with Crippen LogP contribution in [-0.4, -0.2) is 40.2 Å². The van der Waals surface area contributed by atoms with Gasteiger partial charge in [-0.2, -0.15) is 0 Å². The zero-order valence-electron chi connectivity index (χ0n) is 17.1. The molecule has 0 fully saturated rings. The van der Waals surface area contributed by atoms with Gasteiger partial charge in [-0.25, -0.2) is 8.42 Å². The van der Waals surface area contributed by atoms with Gasteiger partial charge in [-0.3, -0.25) is 4.18 Å². The number of hydrogen-bond acceptors (Lipinski definition) is 4. The SMILES string of the molecule is CCCCCCCCCCCCCCC[NH+](C)C.CCOS(=O)(=O)[O-]. The van der Waals surface area contributed by atoms with E-state index in [1.165, 1.54) is 96.9 Å². The van der Waals surface area contributed by atoms with Crippen molar-refractivity contribution in [1.82, 2.24) is 0 Å². The zero-order valence-corrected chi connectivity index (χ0v) is 18.0. The molecule has 0 saturated carbocycles. The Hall–Kier alpha value is -0.170. The van der Waals surface area contributed by atoms with Gasteiger partial charge in [-0.05, 0) is 19.8 Å². The van der Waals surface area contributed by atoms with Crippen LogP contribution in [0, 0.1) is 0 Å². The molecule has 0 aromatic heterocycles. The first-order chi connectivity index (χ1) is 11.8. The Balaban J connectivity index is 0. The first-order valence-corrected chi connectivity index (χ1v) is 11.6. The molecule has 0 saturated heterocycles. The van der Waals surface area contributed by atoms with Crippen molar-refractivity contribution in [1.29, 1.82) is 0 Å². The molecule has 0 aromatic rings. The van der Waals surface area contributed by atoms with Crippen LogP contribution in [0.15, 0.2) is 0 Å². The lowest BCUT2D eigenvalue weighted by Crippen LogP contribution is -3.05. The minimum absolute atomic E-state index is 0.0914. The Morgan fingerprint density at radius 3 is 1.32 bits per heavy atom. The van der Waals surface area contributed by atoms with Crippen molar-refractivity contribution in [2.75, 3.05) is 27.2 Å². The Bertz CT molecular complexity index is 345. The topological polar surface area (TPSA) is 70.9 Å². The summed E-state index contributed by atoms with van der Waals surface area (Å²) in [5.41, 5.74) is 0. The maximum Gasteiger partial charge on any atom is 0.217 e. The molecule has 0 rings (SSSR count). The summed E-state index contributed by atoms with van der Waals surface area (Å²) < 4.78 is 32.0. The van der Waals surface area contributed by atoms with Crippen LogP contribution in [0.25, 0.3) is 0 Å². The largest absolute Gasteiger partial charge is 0.726 e. The Kier molecular flexibility index (Phi) is 21.8. The Morgan fingerprint density at radius 1 is 0.720 bits per heavy atom. The summed E-state index contributed by atoms with van der Waals surface area (Å²) in [6, 6.07) is 0. The fourth-order valence-corrected chi connectivity index (χ4v) is 2.93. The van der Waals surface area contributed by atoms with E-state index < -0.39 is 10.4 Å². The van der Waals surface area contributed by atoms with Gasteiger partial charge in [0.25, 0.3) is 0 Å². The van der Waals surface area contributed by atoms with Crippen molar-refractivity contribution >= 4 is 10.4 Å². The van der Waals surface area contributed by atoms with Crippen LogP contribution >= 0.6 is 0 Å². The van der Waals surface area contributed by atoms with Crippen LogP contribution in [0.3, 0.4) is 0 Å². The standard InChI is InChI=1S/C17H37N.C2H6O4S/c1-4-5-6-7-8-9-10-11-12-13-14-15-16-17-18(2)3;1-2-6-7(3,4)5/h4-17H2,1-3H3;2H2,1H3,(H,3,4,5). The van der Waals surface area contributed by atoms with Gasteiger partial charge in [0.15, 0.2) is 0 Å². The Morgan fingerprint density at radius 2 is 1.08 bits per heavy atom. The third-order valence-electron chi connectivity index (χ3n) is 4.04. The molecular weight excluding hydrogens is 338 g/mol. The summed E-state index contributed by atoms with van der Waals surface area (Å²) in [7, 11) is 0.0768. The molecule has 0 atom stereocenters. The quantitative estimate of drug-likeness (QED) is 0.251. The van der Waals surface area contributed by atoms with Crippen molar-refractivity contribution in [3.05, 3.63) is 0 Å². The minimum Gasteiger partial charge on any atom is -0.726 e. The number of unbranched alkanes of at least 4 members (excludes halogenated alkanes) is 12. The Labute approximate surface area is 157 Å². The molecule has 6 heteroatoms. The van der Waals surface area contributed by atoms with Crippen molar-refractivity contribution in [2.24, 2.45) is 0 Å². The van der Waals surface area contributed by atoms with E-state index in [0.29, 0.717) is 0 Å². The summed E-state index contributed by atoms with van der Waals surface area (Å²) in [6.45, 7) is 4.97. The highest BCUT2D eigenvalue weighted by Gasteiger charge is 1.95. The van der Waals surface area contributed by atoms with E-state index in [1.807, 2.05) is 0 Å². The average Bonchev–Trinajstić information content (AvgIpc) is 2.51. The summed E-state index contributed by atoms with van der Waals surface area (Å²) in [6.07, 6.45) is 18.9. The van der Waals surface area contributed by atoms with Crippen LogP contribution in [0.5, 0.6) is 0 Å². The molecule has 0 aliphatic carbocycles. The number of hydrogen-bond donors (Lipinski definition) is 1. The van der Waals surface area contributed by atoms with E-state index in [2.05, 4.69) is 25.2 Å². The van der Waals surface area contributed by atoms with Gasteiger partial charge in [0, 0.05) is 0 Å². The van der Waals surface area contributed by atoms with Crippen LogP contribution < -0.4 is 4.90 Å². The third kappa shape index (κ3) is 32.0. The van der Waals surface area contributed by atoms with Crippen molar-refractivity contribution in [3.8, 4) is 0 Å². The van der Waals surface area contributed by atoms with Crippen LogP contribution in [-0.2, 0) is 14.6 Å². The molecule has 0 bridgehead atoms. The molecule has 0 radical (unpaired) electrons. The molecular formula is C19H43NO4S. The fourth-order valence-electron chi connectivity index (χ4n) is 2.64. The van der Waals surface area contributed by atoms with Crippen LogP contribution in [0.2, 0.25) is 0 Å². The van der Waals surface area contributed by atoms with E-state index in [0.717, 1.165) is 0 Å². The maximum absolute atomic E-state index is 9.45. The average molecular weight is 382 g/mol. The number of quaternary nitrogens is 1. The first-order valence-electron chi connectivity index (χ1n) is 10.2. The lowest BCUT2D eigenvalue weighted by molar-refractivity contribution is -0.858. The van der Waals surface area contributed by atoms with Crippen LogP contribution in [0.4, 0.5) is 0 Å². The number of nitrogens with one attached hydrogen (secondary N) is 1. The highest BCUT2D eigenvalue weighted by atomic mass is 32.3. The third-order valence-corrected chi connectivity index (χ3v) is 4.57. The molecule has 0 aliphatic heterocycles. The normalized spacial score (nSPS) is 11.4. The smallest absolute Gasteiger partial charge is 0.217 e. The van der Waals surface area contributed by atoms with Gasteiger partial charge >= 0.3 is 0 Å². The van der Waals surface area contributed by atoms with E-state index >= 15 is 0 Å². The fraction of sp³-hybridized carbons (Fsp3) is 1.00. The van der Waals surface area contributed by atoms with Crippen molar-refractivity contribution in [2.45, 2.75) is 97.3 Å². The second-order valence-corrected chi connectivity index (χ2v) is 8.07. The summed E-state index contributed by atoms with van der Waals surface area (Å²) in [5.74, 6) is 0. The molecule has 0 heterocycles. The second kappa shape index (κ2) is 20.1. The van der Waals surface area contributed by atoms with Gasteiger partial charge in [0.05, 0.1) is 27.2 Å². The number of rotatable bonds is 16. The molecule has 5 nitrogen and oxygen atoms in total. The lowest BCUT2D eigenvalue weighted by Gasteiger charge is -2.06. The summed E-state index contributed by atoms with van der Waals surface area (Å²) in [4.78, 5) is 1.60. The molecule has 0 unspecified atom stereocenters. The van der Waals surface area contributed by atoms with Gasteiger partial charge in [0.1, 0.15) is 0 Å². The highest BCUT2D eigenvalue weighted by Crippen LogP contribution is 2.12. The predicted molar refractivity (Wildman–Crippen MR) is 105 cm³/mol. The molecule has 0 spiro atoms. The molecule has 0 aliphatic rings. The first kappa shape index (κ1) is 27.1. The van der Waals surface area contributed by atoms with Gasteiger partial charge < -0.3 is 9.45 Å². The van der Waals surface area contributed by atoms with Crippen molar-refractivity contribution < 1.29 is 22.1 Å². The van der Waals surface area contributed by atoms with Gasteiger partial charge in [0.2, 0.25) is 10.4 Å². The van der Waals surface area contributed by atoms with Gasteiger partial charge in [-0.15, -0.1) is 0 Å². The molecule has 154 valence electrons. The molecule has 25 heavy (non-hydrogen) atoms. The molecule has 0 aromatic carbocycles. The summed E-state index contributed by atoms with van der Waals surface area (Å²) >= 11 is 0. The van der Waals surface area contributed by atoms with E-state index in [1.54, 1.807) is 4.90 Å². The monoisotopic (exact) mass is 381 g/mol. The molecule has 0 amide bonds. The van der Waals surface area contributed by atoms with E-state index in [-0.39, 0.29) is 6.61 Å². The van der Waals surface area contributed by atoms with Crippen molar-refractivity contribution in [3.63, 3.8) is 0 Å².